The lowest BCUT2D eigenvalue weighted by Gasteiger charge is -2.15. The molecular weight excluding hydrogens is 207 g/mol. The molecule has 1 aromatic carbocycles. The van der Waals surface area contributed by atoms with Gasteiger partial charge in [-0.1, -0.05) is 12.1 Å². The van der Waals surface area contributed by atoms with Crippen molar-refractivity contribution in [1.82, 2.24) is 0 Å². The number of hydrogen-bond acceptors (Lipinski definition) is 1. The van der Waals surface area contributed by atoms with Crippen LogP contribution < -0.4 is 5.73 Å². The fourth-order valence-corrected chi connectivity index (χ4v) is 1.13. The number of carbonyl (C=O) groups excluding carboxylic acids is 1. The van der Waals surface area contributed by atoms with Gasteiger partial charge in [0.05, 0.1) is 5.92 Å². The maximum atomic E-state index is 12.3. The van der Waals surface area contributed by atoms with Crippen LogP contribution in [0.4, 0.5) is 13.2 Å². The van der Waals surface area contributed by atoms with Gasteiger partial charge >= 0.3 is 6.18 Å². The number of hydrogen-bond donors (Lipinski definition) is 1. The fourth-order valence-electron chi connectivity index (χ4n) is 1.13. The lowest BCUT2D eigenvalue weighted by atomic mass is 9.99. The van der Waals surface area contributed by atoms with Crippen LogP contribution in [0, 0.1) is 0 Å². The molecule has 0 aromatic heterocycles. The van der Waals surface area contributed by atoms with Gasteiger partial charge in [0, 0.05) is 5.56 Å². The van der Waals surface area contributed by atoms with Gasteiger partial charge in [-0.3, -0.25) is 4.79 Å². The summed E-state index contributed by atoms with van der Waals surface area (Å²) in [5.41, 5.74) is 5.28. The molecule has 82 valence electrons. The van der Waals surface area contributed by atoms with Crippen LogP contribution in [0.2, 0.25) is 0 Å². The van der Waals surface area contributed by atoms with Crippen molar-refractivity contribution < 1.29 is 18.0 Å². The third-order valence-electron chi connectivity index (χ3n) is 2.19. The SMILES string of the molecule is C[C@@H](c1ccc(C(N)=O)cc1)C(F)(F)F. The molecule has 0 saturated carbocycles. The van der Waals surface area contributed by atoms with Gasteiger partial charge < -0.3 is 5.73 Å². The summed E-state index contributed by atoms with van der Waals surface area (Å²) in [6.07, 6.45) is -4.27. The molecule has 0 unspecified atom stereocenters. The zero-order valence-corrected chi connectivity index (χ0v) is 8.01. The van der Waals surface area contributed by atoms with Crippen molar-refractivity contribution in [3.8, 4) is 0 Å². The summed E-state index contributed by atoms with van der Waals surface area (Å²) in [5.74, 6) is -2.19. The minimum Gasteiger partial charge on any atom is -0.366 e. The molecule has 0 fully saturated rings. The van der Waals surface area contributed by atoms with Gasteiger partial charge in [-0.2, -0.15) is 13.2 Å². The predicted molar refractivity (Wildman–Crippen MR) is 49.4 cm³/mol. The van der Waals surface area contributed by atoms with Crippen molar-refractivity contribution in [3.63, 3.8) is 0 Å². The van der Waals surface area contributed by atoms with E-state index in [4.69, 9.17) is 5.73 Å². The smallest absolute Gasteiger partial charge is 0.366 e. The Balaban J connectivity index is 2.94. The lowest BCUT2D eigenvalue weighted by molar-refractivity contribution is -0.146. The van der Waals surface area contributed by atoms with Crippen LogP contribution in [0.15, 0.2) is 24.3 Å². The predicted octanol–water partition coefficient (Wildman–Crippen LogP) is 2.45. The number of alkyl halides is 3. The molecule has 0 saturated heterocycles. The number of benzene rings is 1. The summed E-state index contributed by atoms with van der Waals surface area (Å²) >= 11 is 0. The minimum atomic E-state index is -4.27. The second-order valence-corrected chi connectivity index (χ2v) is 3.25. The van der Waals surface area contributed by atoms with E-state index in [1.807, 2.05) is 0 Å². The first-order chi connectivity index (χ1) is 6.82. The zero-order chi connectivity index (χ0) is 11.6. The number of nitrogens with two attached hydrogens (primary N) is 1. The van der Waals surface area contributed by atoms with Crippen LogP contribution in [-0.4, -0.2) is 12.1 Å². The second-order valence-electron chi connectivity index (χ2n) is 3.25. The van der Waals surface area contributed by atoms with E-state index in [9.17, 15) is 18.0 Å². The summed E-state index contributed by atoms with van der Waals surface area (Å²) in [7, 11) is 0. The third kappa shape index (κ3) is 2.71. The van der Waals surface area contributed by atoms with Crippen molar-refractivity contribution in [1.29, 1.82) is 0 Å². The normalized spacial score (nSPS) is 13.6. The van der Waals surface area contributed by atoms with Gasteiger partial charge in [0.2, 0.25) is 5.91 Å². The average molecular weight is 217 g/mol. The van der Waals surface area contributed by atoms with Crippen molar-refractivity contribution >= 4 is 5.91 Å². The molecule has 1 atom stereocenters. The van der Waals surface area contributed by atoms with E-state index in [1.165, 1.54) is 24.3 Å². The van der Waals surface area contributed by atoms with Crippen LogP contribution in [0.25, 0.3) is 0 Å². The van der Waals surface area contributed by atoms with E-state index in [2.05, 4.69) is 0 Å². The second kappa shape index (κ2) is 3.92. The molecule has 0 radical (unpaired) electrons. The lowest BCUT2D eigenvalue weighted by Crippen LogP contribution is -2.18. The molecule has 2 nitrogen and oxygen atoms in total. The van der Waals surface area contributed by atoms with Gasteiger partial charge in [-0.25, -0.2) is 0 Å². The van der Waals surface area contributed by atoms with Crippen molar-refractivity contribution in [2.45, 2.75) is 19.0 Å². The highest BCUT2D eigenvalue weighted by Crippen LogP contribution is 2.34. The van der Waals surface area contributed by atoms with Crippen molar-refractivity contribution in [3.05, 3.63) is 35.4 Å². The van der Waals surface area contributed by atoms with E-state index >= 15 is 0 Å². The number of rotatable bonds is 2. The number of primary amides is 1. The van der Waals surface area contributed by atoms with Crippen LogP contribution >= 0.6 is 0 Å². The summed E-state index contributed by atoms with van der Waals surface area (Å²) in [6, 6.07) is 5.11. The molecule has 0 aliphatic carbocycles. The van der Waals surface area contributed by atoms with Gasteiger partial charge in [0.25, 0.3) is 0 Å². The maximum absolute atomic E-state index is 12.3. The molecule has 0 spiro atoms. The maximum Gasteiger partial charge on any atom is 0.395 e. The monoisotopic (exact) mass is 217 g/mol. The largest absolute Gasteiger partial charge is 0.395 e. The van der Waals surface area contributed by atoms with Crippen LogP contribution in [0.5, 0.6) is 0 Å². The highest BCUT2D eigenvalue weighted by atomic mass is 19.4. The van der Waals surface area contributed by atoms with Gasteiger partial charge in [0.15, 0.2) is 0 Å². The molecule has 0 heterocycles. The highest BCUT2D eigenvalue weighted by Gasteiger charge is 2.36. The van der Waals surface area contributed by atoms with Gasteiger partial charge in [-0.15, -0.1) is 0 Å². The molecular formula is C10H10F3NO. The molecule has 15 heavy (non-hydrogen) atoms. The van der Waals surface area contributed by atoms with Gasteiger partial charge in [-0.05, 0) is 24.6 Å². The number of amides is 1. The number of carbonyl (C=O) groups is 1. The summed E-state index contributed by atoms with van der Waals surface area (Å²) in [4.78, 5) is 10.7. The van der Waals surface area contributed by atoms with E-state index in [0.717, 1.165) is 6.92 Å². The standard InChI is InChI=1S/C10H10F3NO/c1-6(10(11,12)13)7-2-4-8(5-3-7)9(14)15/h2-6H,1H3,(H2,14,15)/t6-/m0/s1. The van der Waals surface area contributed by atoms with Crippen LogP contribution in [0.3, 0.4) is 0 Å². The Bertz CT molecular complexity index is 356. The minimum absolute atomic E-state index is 0.118. The van der Waals surface area contributed by atoms with E-state index in [-0.39, 0.29) is 11.1 Å². The quantitative estimate of drug-likeness (QED) is 0.812. The number of halogens is 3. The molecule has 2 N–H and O–H groups in total. The van der Waals surface area contributed by atoms with Crippen molar-refractivity contribution in [2.24, 2.45) is 5.73 Å². The molecule has 5 heteroatoms. The van der Waals surface area contributed by atoms with E-state index in [1.54, 1.807) is 0 Å². The molecule has 1 amide bonds. The average Bonchev–Trinajstić information content (AvgIpc) is 2.15. The zero-order valence-electron chi connectivity index (χ0n) is 8.01. The van der Waals surface area contributed by atoms with Crippen molar-refractivity contribution in [2.75, 3.05) is 0 Å². The summed E-state index contributed by atoms with van der Waals surface area (Å²) in [6.45, 7) is 1.07. The Labute approximate surface area is 84.9 Å². The molecule has 0 bridgehead atoms. The Kier molecular flexibility index (Phi) is 3.02. The molecule has 0 aliphatic heterocycles. The fraction of sp³-hybridized carbons (Fsp3) is 0.300. The molecule has 0 aliphatic rings. The first kappa shape index (κ1) is 11.6. The Morgan fingerprint density at radius 2 is 1.73 bits per heavy atom. The third-order valence-corrected chi connectivity index (χ3v) is 2.19. The van der Waals surface area contributed by atoms with Crippen LogP contribution in [0.1, 0.15) is 28.8 Å². The van der Waals surface area contributed by atoms with Gasteiger partial charge in [0.1, 0.15) is 0 Å². The Morgan fingerprint density at radius 3 is 2.07 bits per heavy atom. The Morgan fingerprint density at radius 1 is 1.27 bits per heavy atom. The highest BCUT2D eigenvalue weighted by molar-refractivity contribution is 5.92. The summed E-state index contributed by atoms with van der Waals surface area (Å²) < 4.78 is 36.9. The first-order valence-corrected chi connectivity index (χ1v) is 4.29. The first-order valence-electron chi connectivity index (χ1n) is 4.29. The summed E-state index contributed by atoms with van der Waals surface area (Å²) in [5, 5.41) is 0. The van der Waals surface area contributed by atoms with E-state index in [0.29, 0.717) is 0 Å². The van der Waals surface area contributed by atoms with E-state index < -0.39 is 18.0 Å². The molecule has 1 rings (SSSR count). The topological polar surface area (TPSA) is 43.1 Å². The van der Waals surface area contributed by atoms with Crippen LogP contribution in [-0.2, 0) is 0 Å². The Hall–Kier alpha value is -1.52. The molecule has 1 aromatic rings.